The molecule has 1 amide bonds. The van der Waals surface area contributed by atoms with Crippen LogP contribution in [0.4, 0.5) is 10.1 Å². The Bertz CT molecular complexity index is 672. The number of carbonyl (C=O) groups is 1. The quantitative estimate of drug-likeness (QED) is 0.835. The van der Waals surface area contributed by atoms with Crippen LogP contribution in [0.1, 0.15) is 12.5 Å². The van der Waals surface area contributed by atoms with Crippen LogP contribution in [-0.2, 0) is 20.2 Å². The standard InChI is InChI=1S/C13H17FN2O3S/c1-13(8-20(18,19)15(2)3)9-6-5-7-10(14)11(9)16(4)12(13)17/h5-7H,8H2,1-4H3. The van der Waals surface area contributed by atoms with Gasteiger partial charge in [-0.25, -0.2) is 17.1 Å². The average molecular weight is 300 g/mol. The van der Waals surface area contributed by atoms with Gasteiger partial charge in [-0.15, -0.1) is 0 Å². The predicted molar refractivity (Wildman–Crippen MR) is 74.6 cm³/mol. The molecule has 1 aliphatic heterocycles. The number of fused-ring (bicyclic) bond motifs is 1. The summed E-state index contributed by atoms with van der Waals surface area (Å²) < 4.78 is 39.2. The van der Waals surface area contributed by atoms with E-state index in [9.17, 15) is 17.6 Å². The molecule has 0 radical (unpaired) electrons. The van der Waals surface area contributed by atoms with E-state index in [-0.39, 0.29) is 11.4 Å². The van der Waals surface area contributed by atoms with Gasteiger partial charge in [-0.2, -0.15) is 0 Å². The van der Waals surface area contributed by atoms with Crippen LogP contribution in [0.2, 0.25) is 0 Å². The lowest BCUT2D eigenvalue weighted by molar-refractivity contribution is -0.121. The fourth-order valence-corrected chi connectivity index (χ4v) is 3.79. The fraction of sp³-hybridized carbons (Fsp3) is 0.462. The average Bonchev–Trinajstić information content (AvgIpc) is 2.52. The van der Waals surface area contributed by atoms with Crippen molar-refractivity contribution in [2.45, 2.75) is 12.3 Å². The number of rotatable bonds is 3. The third kappa shape index (κ3) is 2.01. The first kappa shape index (κ1) is 14.9. The molecule has 2 rings (SSSR count). The number of sulfonamides is 1. The molecule has 1 aliphatic rings. The Kier molecular flexibility index (Phi) is 3.38. The van der Waals surface area contributed by atoms with E-state index in [1.165, 1.54) is 45.1 Å². The van der Waals surface area contributed by atoms with Gasteiger partial charge >= 0.3 is 0 Å². The Hall–Kier alpha value is -1.47. The van der Waals surface area contributed by atoms with E-state index in [0.717, 1.165) is 4.31 Å². The van der Waals surface area contributed by atoms with Crippen LogP contribution >= 0.6 is 0 Å². The zero-order valence-corrected chi connectivity index (χ0v) is 12.7. The Morgan fingerprint density at radius 3 is 2.50 bits per heavy atom. The minimum Gasteiger partial charge on any atom is -0.312 e. The Morgan fingerprint density at radius 2 is 1.95 bits per heavy atom. The minimum atomic E-state index is -3.59. The SMILES string of the molecule is CN1C(=O)C(C)(CS(=O)(=O)N(C)C)c2cccc(F)c21. The maximum atomic E-state index is 13.9. The van der Waals surface area contributed by atoms with Gasteiger partial charge in [-0.05, 0) is 18.6 Å². The molecule has 0 aliphatic carbocycles. The van der Waals surface area contributed by atoms with E-state index in [0.29, 0.717) is 5.56 Å². The highest BCUT2D eigenvalue weighted by molar-refractivity contribution is 7.89. The van der Waals surface area contributed by atoms with Gasteiger partial charge in [0.15, 0.2) is 0 Å². The highest BCUT2D eigenvalue weighted by Crippen LogP contribution is 2.43. The van der Waals surface area contributed by atoms with Crippen molar-refractivity contribution in [1.82, 2.24) is 4.31 Å². The zero-order chi connectivity index (χ0) is 15.3. The number of anilines is 1. The first-order valence-corrected chi connectivity index (χ1v) is 7.69. The summed E-state index contributed by atoms with van der Waals surface area (Å²) in [4.78, 5) is 13.6. The second kappa shape index (κ2) is 4.53. The summed E-state index contributed by atoms with van der Waals surface area (Å²) in [5.74, 6) is -1.32. The van der Waals surface area contributed by atoms with Crippen LogP contribution in [0.15, 0.2) is 18.2 Å². The summed E-state index contributed by atoms with van der Waals surface area (Å²) in [6, 6.07) is 4.35. The summed E-state index contributed by atoms with van der Waals surface area (Å²) >= 11 is 0. The third-order valence-corrected chi connectivity index (χ3v) is 5.78. The molecule has 0 bridgehead atoms. The zero-order valence-electron chi connectivity index (χ0n) is 11.8. The number of hydrogen-bond acceptors (Lipinski definition) is 3. The lowest BCUT2D eigenvalue weighted by Gasteiger charge is -2.24. The Labute approximate surface area is 118 Å². The molecule has 110 valence electrons. The number of carbonyl (C=O) groups excluding carboxylic acids is 1. The molecule has 5 nitrogen and oxygen atoms in total. The molecule has 0 aromatic heterocycles. The summed E-state index contributed by atoms with van der Waals surface area (Å²) in [6.07, 6.45) is 0. The molecule has 0 saturated carbocycles. The van der Waals surface area contributed by atoms with Crippen LogP contribution in [0.25, 0.3) is 0 Å². The topological polar surface area (TPSA) is 57.7 Å². The number of hydrogen-bond donors (Lipinski definition) is 0. The minimum absolute atomic E-state index is 0.161. The number of para-hydroxylation sites is 1. The molecule has 20 heavy (non-hydrogen) atoms. The number of halogens is 1. The van der Waals surface area contributed by atoms with Crippen molar-refractivity contribution in [3.8, 4) is 0 Å². The van der Waals surface area contributed by atoms with Gasteiger partial charge in [-0.3, -0.25) is 4.79 Å². The van der Waals surface area contributed by atoms with Crippen molar-refractivity contribution >= 4 is 21.6 Å². The molecule has 1 aromatic rings. The summed E-state index contributed by atoms with van der Waals surface area (Å²) in [5, 5.41) is 0. The molecule has 1 heterocycles. The van der Waals surface area contributed by atoms with Crippen molar-refractivity contribution in [3.05, 3.63) is 29.6 Å². The second-order valence-electron chi connectivity index (χ2n) is 5.37. The Balaban J connectivity index is 2.59. The van der Waals surface area contributed by atoms with Gasteiger partial charge in [0, 0.05) is 21.1 Å². The first-order chi connectivity index (χ1) is 9.11. The van der Waals surface area contributed by atoms with Gasteiger partial charge < -0.3 is 4.90 Å². The van der Waals surface area contributed by atoms with Gasteiger partial charge in [0.2, 0.25) is 15.9 Å². The van der Waals surface area contributed by atoms with Gasteiger partial charge in [0.05, 0.1) is 16.9 Å². The summed E-state index contributed by atoms with van der Waals surface area (Å²) in [6.45, 7) is 1.54. The molecule has 1 unspecified atom stereocenters. The Morgan fingerprint density at radius 1 is 1.35 bits per heavy atom. The van der Waals surface area contributed by atoms with E-state index in [2.05, 4.69) is 0 Å². The third-order valence-electron chi connectivity index (χ3n) is 3.72. The van der Waals surface area contributed by atoms with Crippen molar-refractivity contribution in [2.75, 3.05) is 31.8 Å². The van der Waals surface area contributed by atoms with Crippen molar-refractivity contribution in [3.63, 3.8) is 0 Å². The molecule has 7 heteroatoms. The molecule has 0 saturated heterocycles. The lowest BCUT2D eigenvalue weighted by Crippen LogP contribution is -2.44. The first-order valence-electron chi connectivity index (χ1n) is 6.08. The van der Waals surface area contributed by atoms with Crippen molar-refractivity contribution < 1.29 is 17.6 Å². The maximum Gasteiger partial charge on any atom is 0.238 e. The summed E-state index contributed by atoms with van der Waals surface area (Å²) in [7, 11) is 0.690. The van der Waals surface area contributed by atoms with E-state index < -0.39 is 27.2 Å². The van der Waals surface area contributed by atoms with Crippen LogP contribution in [0.5, 0.6) is 0 Å². The predicted octanol–water partition coefficient (Wildman–Crippen LogP) is 0.951. The molecule has 0 N–H and O–H groups in total. The summed E-state index contributed by atoms with van der Waals surface area (Å²) in [5.41, 5.74) is -0.695. The molecular weight excluding hydrogens is 283 g/mol. The lowest BCUT2D eigenvalue weighted by atomic mass is 9.86. The fourth-order valence-electron chi connectivity index (χ4n) is 2.52. The number of nitrogens with zero attached hydrogens (tertiary/aromatic N) is 2. The van der Waals surface area contributed by atoms with E-state index in [1.54, 1.807) is 6.07 Å². The van der Waals surface area contributed by atoms with E-state index >= 15 is 0 Å². The molecule has 0 fully saturated rings. The maximum absolute atomic E-state index is 13.9. The van der Waals surface area contributed by atoms with E-state index in [1.807, 2.05) is 0 Å². The molecule has 1 aromatic carbocycles. The number of likely N-dealkylation sites (N-methyl/N-ethyl adjacent to an activating group) is 1. The normalized spacial score (nSPS) is 22.5. The van der Waals surface area contributed by atoms with Crippen LogP contribution in [0, 0.1) is 5.82 Å². The van der Waals surface area contributed by atoms with E-state index in [4.69, 9.17) is 0 Å². The number of amides is 1. The molecule has 0 spiro atoms. The van der Waals surface area contributed by atoms with Gasteiger partial charge in [-0.1, -0.05) is 12.1 Å². The molecular formula is C13H17FN2O3S. The van der Waals surface area contributed by atoms with Crippen molar-refractivity contribution in [1.29, 1.82) is 0 Å². The van der Waals surface area contributed by atoms with Gasteiger partial charge in [0.1, 0.15) is 5.82 Å². The van der Waals surface area contributed by atoms with Crippen molar-refractivity contribution in [2.24, 2.45) is 0 Å². The second-order valence-corrected chi connectivity index (χ2v) is 7.55. The van der Waals surface area contributed by atoms with Crippen LogP contribution in [-0.4, -0.2) is 45.5 Å². The van der Waals surface area contributed by atoms with Crippen LogP contribution in [0.3, 0.4) is 0 Å². The largest absolute Gasteiger partial charge is 0.312 e. The highest BCUT2D eigenvalue weighted by atomic mass is 32.2. The molecule has 1 atom stereocenters. The smallest absolute Gasteiger partial charge is 0.238 e. The van der Waals surface area contributed by atoms with Crippen LogP contribution < -0.4 is 4.90 Å². The van der Waals surface area contributed by atoms with Gasteiger partial charge in [0.25, 0.3) is 0 Å². The monoisotopic (exact) mass is 300 g/mol. The number of benzene rings is 1. The highest BCUT2D eigenvalue weighted by Gasteiger charge is 2.50.